The molecular formula is C19H27F3N6O. The first-order valence-corrected chi connectivity index (χ1v) is 9.85. The monoisotopic (exact) mass is 412 g/mol. The van der Waals surface area contributed by atoms with E-state index in [9.17, 15) is 13.2 Å². The van der Waals surface area contributed by atoms with Crippen molar-refractivity contribution in [1.29, 1.82) is 0 Å². The summed E-state index contributed by atoms with van der Waals surface area (Å²) >= 11 is 0. The number of methoxy groups -OCH3 is 1. The van der Waals surface area contributed by atoms with Gasteiger partial charge in [0, 0.05) is 39.0 Å². The summed E-state index contributed by atoms with van der Waals surface area (Å²) in [5, 5.41) is 12.2. The predicted molar refractivity (Wildman–Crippen MR) is 103 cm³/mol. The van der Waals surface area contributed by atoms with Gasteiger partial charge in [-0.1, -0.05) is 19.4 Å². The van der Waals surface area contributed by atoms with E-state index >= 15 is 0 Å². The largest absolute Gasteiger partial charge is 0.416 e. The van der Waals surface area contributed by atoms with Gasteiger partial charge < -0.3 is 9.64 Å². The minimum atomic E-state index is -4.33. The van der Waals surface area contributed by atoms with Crippen LogP contribution in [0.25, 0.3) is 0 Å². The lowest BCUT2D eigenvalue weighted by Gasteiger charge is -2.39. The van der Waals surface area contributed by atoms with E-state index in [0.29, 0.717) is 31.9 Å². The van der Waals surface area contributed by atoms with Crippen LogP contribution in [-0.2, 0) is 17.5 Å². The minimum absolute atomic E-state index is 0.0792. The van der Waals surface area contributed by atoms with Gasteiger partial charge in [-0.05, 0) is 35.0 Å². The predicted octanol–water partition coefficient (Wildman–Crippen LogP) is 3.00. The van der Waals surface area contributed by atoms with E-state index in [4.69, 9.17) is 4.74 Å². The Morgan fingerprint density at radius 1 is 1.17 bits per heavy atom. The van der Waals surface area contributed by atoms with Crippen molar-refractivity contribution in [3.8, 4) is 0 Å². The Bertz CT molecular complexity index is 773. The number of benzene rings is 1. The fourth-order valence-corrected chi connectivity index (χ4v) is 3.71. The van der Waals surface area contributed by atoms with E-state index in [1.807, 2.05) is 4.90 Å². The van der Waals surface area contributed by atoms with Crippen LogP contribution >= 0.6 is 0 Å². The van der Waals surface area contributed by atoms with Gasteiger partial charge in [0.2, 0.25) is 0 Å². The lowest BCUT2D eigenvalue weighted by Crippen LogP contribution is -2.48. The Labute approximate surface area is 168 Å². The molecule has 2 heterocycles. The first-order chi connectivity index (χ1) is 13.9. The highest BCUT2D eigenvalue weighted by Crippen LogP contribution is 2.32. The number of tetrazole rings is 1. The van der Waals surface area contributed by atoms with Crippen LogP contribution < -0.4 is 4.90 Å². The van der Waals surface area contributed by atoms with Crippen molar-refractivity contribution in [2.24, 2.45) is 0 Å². The Hall–Kier alpha value is -2.20. The second-order valence-corrected chi connectivity index (χ2v) is 7.13. The third-order valence-electron chi connectivity index (χ3n) is 5.22. The van der Waals surface area contributed by atoms with Crippen LogP contribution in [0, 0.1) is 0 Å². The van der Waals surface area contributed by atoms with Crippen molar-refractivity contribution in [2.45, 2.75) is 38.5 Å². The van der Waals surface area contributed by atoms with Gasteiger partial charge in [-0.15, -0.1) is 5.10 Å². The van der Waals surface area contributed by atoms with E-state index < -0.39 is 11.7 Å². The summed E-state index contributed by atoms with van der Waals surface area (Å²) in [6.07, 6.45) is -2.43. The fraction of sp³-hybridized carbons (Fsp3) is 0.632. The first-order valence-electron chi connectivity index (χ1n) is 9.85. The van der Waals surface area contributed by atoms with Gasteiger partial charge >= 0.3 is 6.18 Å². The zero-order valence-electron chi connectivity index (χ0n) is 16.8. The number of anilines is 1. The highest BCUT2D eigenvalue weighted by Gasteiger charge is 2.32. The number of piperazine rings is 1. The Morgan fingerprint density at radius 3 is 2.59 bits per heavy atom. The Morgan fingerprint density at radius 2 is 1.93 bits per heavy atom. The van der Waals surface area contributed by atoms with Crippen LogP contribution in [-0.4, -0.2) is 65.0 Å². The highest BCUT2D eigenvalue weighted by atomic mass is 19.4. The normalized spacial score (nSPS) is 16.9. The SMILES string of the molecule is CCC[C@H](c1nnnn1CCOC)N1CCN(c2cccc(C(F)(F)F)c2)CC1. The van der Waals surface area contributed by atoms with Crippen LogP contribution in [0.5, 0.6) is 0 Å². The Kier molecular flexibility index (Phi) is 7.07. The fourth-order valence-electron chi connectivity index (χ4n) is 3.71. The van der Waals surface area contributed by atoms with Gasteiger partial charge in [-0.25, -0.2) is 4.68 Å². The van der Waals surface area contributed by atoms with Gasteiger partial charge in [-0.3, -0.25) is 4.90 Å². The molecule has 3 rings (SSSR count). The third-order valence-corrected chi connectivity index (χ3v) is 5.22. The molecule has 0 spiro atoms. The third kappa shape index (κ3) is 5.24. The minimum Gasteiger partial charge on any atom is -0.383 e. The number of halogens is 3. The summed E-state index contributed by atoms with van der Waals surface area (Å²) in [4.78, 5) is 4.32. The molecule has 1 aliphatic rings. The first kappa shape index (κ1) is 21.5. The number of rotatable bonds is 8. The molecule has 0 amide bonds. The summed E-state index contributed by atoms with van der Waals surface area (Å²) in [5.74, 6) is 0.816. The van der Waals surface area contributed by atoms with Crippen molar-refractivity contribution in [3.05, 3.63) is 35.7 Å². The lowest BCUT2D eigenvalue weighted by molar-refractivity contribution is -0.137. The molecule has 7 nitrogen and oxygen atoms in total. The molecule has 0 radical (unpaired) electrons. The number of hydrogen-bond donors (Lipinski definition) is 0. The van der Waals surface area contributed by atoms with E-state index in [-0.39, 0.29) is 6.04 Å². The molecule has 10 heteroatoms. The second-order valence-electron chi connectivity index (χ2n) is 7.13. The topological polar surface area (TPSA) is 59.3 Å². The number of hydrogen-bond acceptors (Lipinski definition) is 6. The maximum Gasteiger partial charge on any atom is 0.416 e. The number of alkyl halides is 3. The van der Waals surface area contributed by atoms with Crippen molar-refractivity contribution < 1.29 is 17.9 Å². The highest BCUT2D eigenvalue weighted by molar-refractivity contribution is 5.49. The average molecular weight is 412 g/mol. The van der Waals surface area contributed by atoms with Crippen LogP contribution in [0.2, 0.25) is 0 Å². The van der Waals surface area contributed by atoms with E-state index in [2.05, 4.69) is 27.3 Å². The van der Waals surface area contributed by atoms with Crippen molar-refractivity contribution in [1.82, 2.24) is 25.1 Å². The number of aromatic nitrogens is 4. The van der Waals surface area contributed by atoms with Gasteiger partial charge in [0.1, 0.15) is 0 Å². The van der Waals surface area contributed by atoms with Crippen molar-refractivity contribution >= 4 is 5.69 Å². The zero-order chi connectivity index (χ0) is 20.9. The molecule has 29 heavy (non-hydrogen) atoms. The van der Waals surface area contributed by atoms with Crippen LogP contribution in [0.3, 0.4) is 0 Å². The molecule has 1 aliphatic heterocycles. The average Bonchev–Trinajstić information content (AvgIpc) is 3.18. The molecule has 0 N–H and O–H groups in total. The van der Waals surface area contributed by atoms with Gasteiger partial charge in [-0.2, -0.15) is 13.2 Å². The van der Waals surface area contributed by atoms with Crippen molar-refractivity contribution in [3.63, 3.8) is 0 Å². The molecule has 0 saturated carbocycles. The number of ether oxygens (including phenoxy) is 1. The van der Waals surface area contributed by atoms with Gasteiger partial charge in [0.05, 0.1) is 24.8 Å². The molecule has 0 unspecified atom stereocenters. The van der Waals surface area contributed by atoms with Gasteiger partial charge in [0.15, 0.2) is 5.82 Å². The summed E-state index contributed by atoms with van der Waals surface area (Å²) in [6.45, 7) is 6.01. The number of nitrogens with zero attached hydrogens (tertiary/aromatic N) is 6. The summed E-state index contributed by atoms with van der Waals surface area (Å²) < 4.78 is 46.0. The quantitative estimate of drug-likeness (QED) is 0.664. The molecule has 1 aromatic heterocycles. The maximum atomic E-state index is 13.0. The molecule has 1 saturated heterocycles. The summed E-state index contributed by atoms with van der Waals surface area (Å²) in [7, 11) is 1.64. The molecule has 0 aliphatic carbocycles. The molecular weight excluding hydrogens is 385 g/mol. The maximum absolute atomic E-state index is 13.0. The lowest BCUT2D eigenvalue weighted by atomic mass is 10.1. The summed E-state index contributed by atoms with van der Waals surface area (Å²) in [5.41, 5.74) is -0.00458. The van der Waals surface area contributed by atoms with Crippen molar-refractivity contribution in [2.75, 3.05) is 44.8 Å². The summed E-state index contributed by atoms with van der Waals surface area (Å²) in [6, 6.07) is 5.62. The standard InChI is InChI=1S/C19H27F3N6O/c1-3-5-17(18-23-24-25-28(18)12-13-29-2)27-10-8-26(9-11-27)16-7-4-6-15(14-16)19(20,21)22/h4,6-7,14,17H,3,5,8-13H2,1-2H3/t17-/m1/s1. The smallest absolute Gasteiger partial charge is 0.383 e. The van der Waals surface area contributed by atoms with Crippen LogP contribution in [0.15, 0.2) is 24.3 Å². The molecule has 1 aromatic carbocycles. The van der Waals surface area contributed by atoms with Crippen LogP contribution in [0.1, 0.15) is 37.2 Å². The second kappa shape index (κ2) is 9.53. The molecule has 2 aromatic rings. The van der Waals surface area contributed by atoms with Crippen LogP contribution in [0.4, 0.5) is 18.9 Å². The molecule has 1 atom stereocenters. The molecule has 0 bridgehead atoms. The Balaban J connectivity index is 1.69. The van der Waals surface area contributed by atoms with Gasteiger partial charge in [0.25, 0.3) is 0 Å². The van der Waals surface area contributed by atoms with E-state index in [0.717, 1.165) is 37.8 Å². The van der Waals surface area contributed by atoms with E-state index in [1.165, 1.54) is 12.1 Å². The molecule has 160 valence electrons. The molecule has 1 fully saturated rings. The van der Waals surface area contributed by atoms with E-state index in [1.54, 1.807) is 17.9 Å². The zero-order valence-corrected chi connectivity index (χ0v) is 16.8.